The third-order valence-corrected chi connectivity index (χ3v) is 7.88. The Labute approximate surface area is 188 Å². The molecule has 1 unspecified atom stereocenters. The van der Waals surface area contributed by atoms with Gasteiger partial charge >= 0.3 is 0 Å². The van der Waals surface area contributed by atoms with Crippen LogP contribution in [0.1, 0.15) is 37.3 Å². The van der Waals surface area contributed by atoms with E-state index in [0.29, 0.717) is 36.1 Å². The number of anilines is 1. The molecule has 33 heavy (non-hydrogen) atoms. The summed E-state index contributed by atoms with van der Waals surface area (Å²) in [6.07, 6.45) is 3.52. The average Bonchev–Trinajstić information content (AvgIpc) is 3.16. The Hall–Kier alpha value is -3.24. The molecule has 0 radical (unpaired) electrons. The van der Waals surface area contributed by atoms with E-state index in [0.717, 1.165) is 55.6 Å². The summed E-state index contributed by atoms with van der Waals surface area (Å²) in [6.45, 7) is 2.88. The second kappa shape index (κ2) is 6.64. The number of fused-ring (bicyclic) bond motifs is 2. The summed E-state index contributed by atoms with van der Waals surface area (Å²) >= 11 is 0. The molecule has 10 heteroatoms. The SMILES string of the molecule is NC1COCC12CCN(c1nc3n[nH]c(C4(c5nc6ccccc6o5)CC4)c3c(=O)[nH]1)CC2. The van der Waals surface area contributed by atoms with E-state index >= 15 is 0 Å². The average molecular weight is 447 g/mol. The molecule has 7 rings (SSSR count). The molecule has 1 saturated carbocycles. The number of H-pyrrole nitrogens is 2. The van der Waals surface area contributed by atoms with Crippen LogP contribution < -0.4 is 16.2 Å². The molecule has 3 fully saturated rings. The van der Waals surface area contributed by atoms with Gasteiger partial charge in [-0.25, -0.2) is 4.98 Å². The van der Waals surface area contributed by atoms with E-state index in [9.17, 15) is 4.79 Å². The quantitative estimate of drug-likeness (QED) is 0.432. The Morgan fingerprint density at radius 1 is 1.12 bits per heavy atom. The van der Waals surface area contributed by atoms with Crippen molar-refractivity contribution in [2.45, 2.75) is 37.1 Å². The van der Waals surface area contributed by atoms with E-state index < -0.39 is 5.41 Å². The fourth-order valence-electron chi connectivity index (χ4n) is 5.54. The van der Waals surface area contributed by atoms with Crippen molar-refractivity contribution in [1.29, 1.82) is 0 Å². The molecule has 4 N–H and O–H groups in total. The van der Waals surface area contributed by atoms with Crippen LogP contribution in [0.2, 0.25) is 0 Å². The monoisotopic (exact) mass is 447 g/mol. The van der Waals surface area contributed by atoms with Crippen molar-refractivity contribution in [2.75, 3.05) is 31.2 Å². The molecule has 0 bridgehead atoms. The molecule has 3 aliphatic rings. The van der Waals surface area contributed by atoms with Crippen LogP contribution in [-0.2, 0) is 10.2 Å². The zero-order chi connectivity index (χ0) is 22.2. The Morgan fingerprint density at radius 3 is 2.67 bits per heavy atom. The van der Waals surface area contributed by atoms with E-state index in [1.54, 1.807) is 0 Å². The minimum Gasteiger partial charge on any atom is -0.440 e. The van der Waals surface area contributed by atoms with Crippen LogP contribution in [0.4, 0.5) is 5.95 Å². The maximum absolute atomic E-state index is 13.2. The lowest BCUT2D eigenvalue weighted by atomic mass is 9.75. The smallest absolute Gasteiger partial charge is 0.263 e. The highest BCUT2D eigenvalue weighted by Crippen LogP contribution is 2.54. The topological polar surface area (TPSA) is 139 Å². The van der Waals surface area contributed by atoms with E-state index in [-0.39, 0.29) is 17.0 Å². The Bertz CT molecular complexity index is 1390. The Balaban J connectivity index is 1.22. The number of piperidine rings is 1. The number of benzene rings is 1. The minimum atomic E-state index is -0.458. The third kappa shape index (κ3) is 2.74. The highest BCUT2D eigenvalue weighted by molar-refractivity contribution is 5.81. The van der Waals surface area contributed by atoms with Gasteiger partial charge in [0.15, 0.2) is 11.2 Å². The van der Waals surface area contributed by atoms with Gasteiger partial charge in [0.1, 0.15) is 10.9 Å². The van der Waals surface area contributed by atoms with Gasteiger partial charge in [-0.2, -0.15) is 10.1 Å². The van der Waals surface area contributed by atoms with Crippen LogP contribution in [0.3, 0.4) is 0 Å². The van der Waals surface area contributed by atoms with Crippen molar-refractivity contribution < 1.29 is 9.15 Å². The molecule has 1 aromatic carbocycles. The van der Waals surface area contributed by atoms with Gasteiger partial charge in [-0.05, 0) is 37.8 Å². The zero-order valence-corrected chi connectivity index (χ0v) is 18.1. The van der Waals surface area contributed by atoms with E-state index in [1.807, 2.05) is 24.3 Å². The van der Waals surface area contributed by atoms with Crippen LogP contribution >= 0.6 is 0 Å². The number of hydrogen-bond acceptors (Lipinski definition) is 8. The fraction of sp³-hybridized carbons (Fsp3) is 0.478. The lowest BCUT2D eigenvalue weighted by Crippen LogP contribution is -2.49. The Morgan fingerprint density at radius 2 is 1.94 bits per heavy atom. The summed E-state index contributed by atoms with van der Waals surface area (Å²) in [6, 6.07) is 7.77. The molecule has 1 spiro atoms. The van der Waals surface area contributed by atoms with E-state index in [1.165, 1.54) is 0 Å². The van der Waals surface area contributed by atoms with Gasteiger partial charge in [0.25, 0.3) is 5.56 Å². The summed E-state index contributed by atoms with van der Waals surface area (Å²) < 4.78 is 11.7. The molecule has 1 aliphatic carbocycles. The minimum absolute atomic E-state index is 0.0400. The van der Waals surface area contributed by atoms with Crippen molar-refractivity contribution in [1.82, 2.24) is 25.1 Å². The number of nitrogens with zero attached hydrogens (tertiary/aromatic N) is 4. The predicted molar refractivity (Wildman–Crippen MR) is 121 cm³/mol. The lowest BCUT2D eigenvalue weighted by molar-refractivity contribution is 0.131. The second-order valence-corrected chi connectivity index (χ2v) is 9.73. The molecule has 4 aromatic rings. The van der Waals surface area contributed by atoms with Gasteiger partial charge < -0.3 is 19.8 Å². The molecule has 2 saturated heterocycles. The van der Waals surface area contributed by atoms with Crippen molar-refractivity contribution >= 4 is 28.1 Å². The van der Waals surface area contributed by atoms with Crippen LogP contribution in [0.15, 0.2) is 33.5 Å². The predicted octanol–water partition coefficient (Wildman–Crippen LogP) is 1.81. The molecule has 10 nitrogen and oxygen atoms in total. The maximum atomic E-state index is 13.2. The number of nitrogens with two attached hydrogens (primary N) is 1. The maximum Gasteiger partial charge on any atom is 0.263 e. The molecule has 3 aromatic heterocycles. The van der Waals surface area contributed by atoms with Crippen LogP contribution in [0, 0.1) is 5.41 Å². The van der Waals surface area contributed by atoms with Gasteiger partial charge in [-0.1, -0.05) is 12.1 Å². The number of aromatic nitrogens is 5. The van der Waals surface area contributed by atoms with Gasteiger partial charge in [0.2, 0.25) is 11.8 Å². The molecule has 1 atom stereocenters. The first-order valence-electron chi connectivity index (χ1n) is 11.5. The van der Waals surface area contributed by atoms with Crippen molar-refractivity contribution in [2.24, 2.45) is 11.1 Å². The van der Waals surface area contributed by atoms with Crippen LogP contribution in [0.25, 0.3) is 22.1 Å². The van der Waals surface area contributed by atoms with Crippen molar-refractivity contribution in [3.63, 3.8) is 0 Å². The van der Waals surface area contributed by atoms with E-state index in [2.05, 4.69) is 20.1 Å². The van der Waals surface area contributed by atoms with Gasteiger partial charge in [-0.3, -0.25) is 14.9 Å². The highest BCUT2D eigenvalue weighted by atomic mass is 16.5. The first-order chi connectivity index (χ1) is 16.1. The molecule has 5 heterocycles. The van der Waals surface area contributed by atoms with Crippen LogP contribution in [0.5, 0.6) is 0 Å². The summed E-state index contributed by atoms with van der Waals surface area (Å²) in [7, 11) is 0. The summed E-state index contributed by atoms with van der Waals surface area (Å²) in [5, 5.41) is 7.99. The first kappa shape index (κ1) is 19.2. The first-order valence-corrected chi connectivity index (χ1v) is 11.5. The van der Waals surface area contributed by atoms with Crippen molar-refractivity contribution in [3.8, 4) is 0 Å². The number of aromatic amines is 2. The van der Waals surface area contributed by atoms with Gasteiger partial charge in [0.05, 0.1) is 24.3 Å². The molecular weight excluding hydrogens is 422 g/mol. The standard InChI is InChI=1S/C23H25N7O3/c24-15-11-32-12-22(15)7-9-30(10-8-22)21-26-18-16(19(31)27-21)17(28-29-18)23(5-6-23)20-25-13-3-1-2-4-14(13)33-20/h1-4,15H,5-12,24H2,(H2,26,27,28,29,31). The molecule has 0 amide bonds. The summed E-state index contributed by atoms with van der Waals surface area (Å²) in [5.74, 6) is 1.17. The lowest BCUT2D eigenvalue weighted by Gasteiger charge is -2.40. The summed E-state index contributed by atoms with van der Waals surface area (Å²) in [4.78, 5) is 27.7. The Kier molecular flexibility index (Phi) is 3.88. The van der Waals surface area contributed by atoms with Gasteiger partial charge in [0, 0.05) is 24.5 Å². The van der Waals surface area contributed by atoms with Crippen LogP contribution in [-0.4, -0.2) is 57.5 Å². The number of oxazole rings is 1. The summed E-state index contributed by atoms with van der Waals surface area (Å²) in [5.41, 5.74) is 8.41. The molecule has 2 aliphatic heterocycles. The third-order valence-electron chi connectivity index (χ3n) is 7.88. The molecule has 170 valence electrons. The number of nitrogens with one attached hydrogen (secondary N) is 2. The number of ether oxygens (including phenoxy) is 1. The zero-order valence-electron chi connectivity index (χ0n) is 18.1. The number of para-hydroxylation sites is 2. The highest BCUT2D eigenvalue weighted by Gasteiger charge is 2.53. The number of rotatable bonds is 3. The normalized spacial score (nSPS) is 23.7. The largest absolute Gasteiger partial charge is 0.440 e. The number of hydrogen-bond donors (Lipinski definition) is 3. The second-order valence-electron chi connectivity index (χ2n) is 9.73. The fourth-order valence-corrected chi connectivity index (χ4v) is 5.54. The van der Waals surface area contributed by atoms with E-state index in [4.69, 9.17) is 24.9 Å². The van der Waals surface area contributed by atoms with Gasteiger partial charge in [-0.15, -0.1) is 0 Å². The van der Waals surface area contributed by atoms with Crippen molar-refractivity contribution in [3.05, 3.63) is 46.2 Å². The molecular formula is C23H25N7O3.